The molecule has 0 spiro atoms. The maximum atomic E-state index is 16.5. The van der Waals surface area contributed by atoms with Crippen molar-refractivity contribution >= 4 is 47.5 Å². The minimum Gasteiger partial charge on any atom is -0.387 e. The lowest BCUT2D eigenvalue weighted by molar-refractivity contribution is -0.0259. The lowest BCUT2D eigenvalue weighted by Crippen LogP contribution is -2.32. The molecule has 2 saturated heterocycles. The Bertz CT molecular complexity index is 2190. The van der Waals surface area contributed by atoms with Gasteiger partial charge in [0.15, 0.2) is 53.2 Å². The highest BCUT2D eigenvalue weighted by molar-refractivity contribution is 7.53. The van der Waals surface area contributed by atoms with Gasteiger partial charge in [-0.1, -0.05) is 25.1 Å². The molecule has 2 aliphatic rings. The van der Waals surface area contributed by atoms with Gasteiger partial charge in [0.25, 0.3) is 5.91 Å². The van der Waals surface area contributed by atoms with E-state index in [0.717, 1.165) is 0 Å². The molecule has 21 heteroatoms. The van der Waals surface area contributed by atoms with E-state index in [4.69, 9.17) is 29.5 Å². The van der Waals surface area contributed by atoms with Gasteiger partial charge in [0.05, 0.1) is 50.1 Å². The molecule has 0 aliphatic carbocycles. The van der Waals surface area contributed by atoms with Crippen LogP contribution < -0.4 is 11.1 Å². The van der Waals surface area contributed by atoms with Gasteiger partial charge in [0.2, 0.25) is 0 Å². The van der Waals surface area contributed by atoms with E-state index in [1.165, 1.54) is 34.4 Å². The number of rotatable bonds is 13. The Hall–Kier alpha value is -5.03. The van der Waals surface area contributed by atoms with Crippen LogP contribution in [0.4, 0.5) is 20.4 Å². The predicted octanol–water partition coefficient (Wildman–Crippen LogP) is 3.64. The van der Waals surface area contributed by atoms with Gasteiger partial charge in [-0.25, -0.2) is 38.7 Å². The van der Waals surface area contributed by atoms with Gasteiger partial charge in [0.1, 0.15) is 30.4 Å². The minimum absolute atomic E-state index is 0.0770. The molecule has 1 unspecified atom stereocenters. The van der Waals surface area contributed by atoms with E-state index in [2.05, 4.69) is 35.2 Å². The summed E-state index contributed by atoms with van der Waals surface area (Å²) < 4.78 is 72.2. The first-order chi connectivity index (χ1) is 25.6. The number of fused-ring (bicyclic) bond motifs is 2. The molecule has 53 heavy (non-hydrogen) atoms. The molecule has 4 aromatic heterocycles. The van der Waals surface area contributed by atoms with E-state index in [9.17, 15) is 14.5 Å². The third kappa shape index (κ3) is 7.06. The van der Waals surface area contributed by atoms with Gasteiger partial charge in [-0.05, 0) is 25.0 Å². The molecule has 7 rings (SSSR count). The quantitative estimate of drug-likeness (QED) is 0.115. The van der Waals surface area contributed by atoms with Crippen LogP contribution >= 0.6 is 7.60 Å². The molecule has 18 nitrogen and oxygen atoms in total. The van der Waals surface area contributed by atoms with Crippen molar-refractivity contribution in [2.45, 2.75) is 75.4 Å². The second-order valence-electron chi connectivity index (χ2n) is 12.3. The Labute approximate surface area is 299 Å². The molecule has 1 aromatic carbocycles. The highest BCUT2D eigenvalue weighted by atomic mass is 31.2. The molecule has 6 heterocycles. The average Bonchev–Trinajstić information content (AvgIpc) is 3.93. The van der Waals surface area contributed by atoms with Crippen LogP contribution in [0.1, 0.15) is 49.0 Å². The normalized spacial score (nSPS) is 26.8. The third-order valence-corrected chi connectivity index (χ3v) is 10.9. The van der Waals surface area contributed by atoms with Crippen LogP contribution in [0, 0.1) is 11.3 Å². The molecule has 0 saturated carbocycles. The number of carbonyl (C=O) groups is 1. The summed E-state index contributed by atoms with van der Waals surface area (Å²) in [6.07, 6.45) is -7.36. The smallest absolute Gasteiger partial charge is 0.331 e. The topological polar surface area (TPSA) is 240 Å². The molecule has 5 aromatic rings. The number of alkyl halides is 2. The van der Waals surface area contributed by atoms with E-state index in [1.807, 2.05) is 6.07 Å². The highest BCUT2D eigenvalue weighted by Gasteiger charge is 2.51. The molecule has 0 radical (unpaired) electrons. The molecule has 2 aliphatic heterocycles. The first-order valence-corrected chi connectivity index (χ1v) is 18.4. The van der Waals surface area contributed by atoms with Gasteiger partial charge >= 0.3 is 7.60 Å². The maximum Gasteiger partial charge on any atom is 0.331 e. The number of nitrogen functional groups attached to an aromatic ring is 1. The van der Waals surface area contributed by atoms with Crippen molar-refractivity contribution in [2.75, 3.05) is 23.8 Å². The van der Waals surface area contributed by atoms with E-state index in [1.54, 1.807) is 37.3 Å². The summed E-state index contributed by atoms with van der Waals surface area (Å²) in [5.41, 5.74) is 6.98. The van der Waals surface area contributed by atoms with Gasteiger partial charge in [-0.2, -0.15) is 5.26 Å². The van der Waals surface area contributed by atoms with Crippen molar-refractivity contribution in [2.24, 2.45) is 0 Å². The summed E-state index contributed by atoms with van der Waals surface area (Å²) in [6, 6.07) is 10.4. The lowest BCUT2D eigenvalue weighted by atomic mass is 10.1. The van der Waals surface area contributed by atoms with Crippen LogP contribution in [-0.4, -0.2) is 99.6 Å². The number of nitrogens with one attached hydrogen (secondary N) is 1. The number of benzene rings is 1. The van der Waals surface area contributed by atoms with Crippen LogP contribution in [0.5, 0.6) is 0 Å². The second kappa shape index (κ2) is 15.1. The van der Waals surface area contributed by atoms with Crippen LogP contribution in [0.2, 0.25) is 0 Å². The Balaban J connectivity index is 1.08. The van der Waals surface area contributed by atoms with Crippen molar-refractivity contribution < 1.29 is 41.8 Å². The molecule has 278 valence electrons. The van der Waals surface area contributed by atoms with E-state index >= 15 is 8.78 Å². The zero-order valence-corrected chi connectivity index (χ0v) is 28.9. The Morgan fingerprint density at radius 2 is 1.66 bits per heavy atom. The molecular formula is C32H34F2N11O7P. The number of nitrogens with two attached hydrogens (primary N) is 1. The fourth-order valence-electron chi connectivity index (χ4n) is 6.34. The average molecular weight is 754 g/mol. The highest BCUT2D eigenvalue weighted by Crippen LogP contribution is 2.54. The number of imidazole rings is 2. The first kappa shape index (κ1) is 36.3. The number of nitrogens with zero attached hydrogens (tertiary/aromatic N) is 9. The van der Waals surface area contributed by atoms with E-state index < -0.39 is 68.9 Å². The first-order valence-electron chi connectivity index (χ1n) is 16.7. The van der Waals surface area contributed by atoms with Gasteiger partial charge in [-0.15, -0.1) is 0 Å². The van der Waals surface area contributed by atoms with Crippen molar-refractivity contribution in [3.8, 4) is 6.07 Å². The van der Waals surface area contributed by atoms with Gasteiger partial charge < -0.3 is 30.2 Å². The summed E-state index contributed by atoms with van der Waals surface area (Å²) in [7, 11) is -4.25. The molecular weight excluding hydrogens is 719 g/mol. The van der Waals surface area contributed by atoms with E-state index in [-0.39, 0.29) is 59.8 Å². The number of aromatic nitrogens is 8. The van der Waals surface area contributed by atoms with Gasteiger partial charge in [-0.3, -0.25) is 23.0 Å². The second-order valence-corrected chi connectivity index (χ2v) is 14.4. The van der Waals surface area contributed by atoms with Crippen LogP contribution in [0.3, 0.4) is 0 Å². The minimum atomic E-state index is -4.25. The molecule has 1 amide bonds. The van der Waals surface area contributed by atoms with E-state index in [0.29, 0.717) is 5.56 Å². The number of hydrogen-bond donors (Lipinski definition) is 3. The van der Waals surface area contributed by atoms with Crippen LogP contribution in [0.15, 0.2) is 55.6 Å². The Kier molecular flexibility index (Phi) is 10.4. The fraction of sp³-hybridized carbons (Fsp3) is 0.438. The Morgan fingerprint density at radius 3 is 2.38 bits per heavy atom. The lowest BCUT2D eigenvalue weighted by Gasteiger charge is -2.26. The number of nitriles is 1. The number of halogens is 2. The largest absolute Gasteiger partial charge is 0.387 e. The molecule has 0 bridgehead atoms. The number of anilines is 2. The monoisotopic (exact) mass is 753 g/mol. The van der Waals surface area contributed by atoms with Crippen molar-refractivity contribution in [1.29, 1.82) is 5.26 Å². The zero-order valence-electron chi connectivity index (χ0n) is 28.1. The number of ether oxygens (including phenoxy) is 2. The van der Waals surface area contributed by atoms with Crippen LogP contribution in [-0.2, 0) is 23.1 Å². The number of carbonyl (C=O) groups excluding carboxylic acids is 1. The number of aliphatic hydroxyl groups excluding tert-OH is 1. The summed E-state index contributed by atoms with van der Waals surface area (Å²) in [5, 5.41) is 22.6. The summed E-state index contributed by atoms with van der Waals surface area (Å²) in [6.45, 7) is 1.43. The van der Waals surface area contributed by atoms with Crippen molar-refractivity contribution in [3.63, 3.8) is 0 Å². The zero-order chi connectivity index (χ0) is 37.3. The van der Waals surface area contributed by atoms with Crippen molar-refractivity contribution in [3.05, 3.63) is 61.2 Å². The van der Waals surface area contributed by atoms with Crippen LogP contribution in [0.25, 0.3) is 22.3 Å². The number of aliphatic hydroxyl groups is 1. The summed E-state index contributed by atoms with van der Waals surface area (Å²) in [5.74, 6) is -0.262. The molecule has 4 N–H and O–H groups in total. The SMILES string of the molecule is CC[C@H]1O[C@@H](n2cnc3c(NC(=O)c4ccccc4)ncnc32)[C@H](F)[C@@H]1OP(=O)(CC[C@H]1O[C@@H](n2cnc3c(N)ncnc32)[C@H](F)[C@@H]1O)OCCC#N. The standard InChI is InChI=1S/C32H34F2N11O7P/c1-2-18-25(21(34)32(50-18)45-16-42-23-27(38-14-40-29(23)45)43-30(47)17-7-4-3-5-8-17)52-53(48,49-11-6-10-35)12-9-19-24(46)20(33)31(51-19)44-15-41-22-26(36)37-13-39-28(22)44/h3-5,7-8,13-16,18-21,24-25,31-32,46H,2,6,9,11-12H2,1H3,(H2,36,37,39)(H,38,40,43,47)/t18-,19-,20-,21-,24-,25-,31-,32-,53?/m1/s1. The summed E-state index contributed by atoms with van der Waals surface area (Å²) >= 11 is 0. The molecule has 2 fully saturated rings. The van der Waals surface area contributed by atoms with Gasteiger partial charge in [0, 0.05) is 5.56 Å². The number of amides is 1. The maximum absolute atomic E-state index is 16.5. The Morgan fingerprint density at radius 1 is 1.00 bits per heavy atom. The summed E-state index contributed by atoms with van der Waals surface area (Å²) in [4.78, 5) is 37.6. The van der Waals surface area contributed by atoms with Crippen molar-refractivity contribution in [1.82, 2.24) is 39.0 Å². The fourth-order valence-corrected chi connectivity index (χ4v) is 8.20. The third-order valence-electron chi connectivity index (χ3n) is 9.00. The predicted molar refractivity (Wildman–Crippen MR) is 182 cm³/mol. The molecule has 9 atom stereocenters. The number of hydrogen-bond acceptors (Lipinski definition) is 15.